The van der Waals surface area contributed by atoms with Crippen molar-refractivity contribution < 1.29 is 18.7 Å². The third-order valence-corrected chi connectivity index (χ3v) is 5.84. The van der Waals surface area contributed by atoms with Gasteiger partial charge in [0.05, 0.1) is 7.11 Å². The Balaban J connectivity index is 1.60. The number of rotatable bonds is 8. The van der Waals surface area contributed by atoms with Gasteiger partial charge in [-0.3, -0.25) is 4.79 Å². The number of hydrogen-bond donors (Lipinski definition) is 2. The van der Waals surface area contributed by atoms with Gasteiger partial charge in [-0.2, -0.15) is 0 Å². The predicted molar refractivity (Wildman–Crippen MR) is 141 cm³/mol. The lowest BCUT2D eigenvalue weighted by Crippen LogP contribution is -2.19. The van der Waals surface area contributed by atoms with Crippen molar-refractivity contribution in [3.63, 3.8) is 0 Å². The number of hydrogen-bond acceptors (Lipinski definition) is 9. The Hall–Kier alpha value is -5.39. The zero-order valence-electron chi connectivity index (χ0n) is 21.1. The van der Waals surface area contributed by atoms with E-state index in [-0.39, 0.29) is 30.0 Å². The van der Waals surface area contributed by atoms with Crippen LogP contribution < -0.4 is 20.5 Å². The van der Waals surface area contributed by atoms with Crippen molar-refractivity contribution in [2.24, 2.45) is 0 Å². The summed E-state index contributed by atoms with van der Waals surface area (Å²) in [7, 11) is 1.52. The molecule has 5 rings (SSSR count). The van der Waals surface area contributed by atoms with E-state index in [4.69, 9.17) is 15.2 Å². The van der Waals surface area contributed by atoms with Gasteiger partial charge in [-0.15, -0.1) is 14.8 Å². The molecule has 0 aliphatic carbocycles. The Kier molecular flexibility index (Phi) is 6.83. The number of anilines is 1. The fourth-order valence-corrected chi connectivity index (χ4v) is 4.00. The first-order chi connectivity index (χ1) is 18.9. The molecule has 2 aromatic carbocycles. The zero-order valence-corrected chi connectivity index (χ0v) is 21.1. The molecule has 0 aliphatic heterocycles. The fourth-order valence-electron chi connectivity index (χ4n) is 4.00. The standard InChI is InChI=1S/C27H23FN8O3/c1-4-22(37)31-13-16-5-7-18(21(11-16)38-3)24-23(25-26(29)32-14-33-36(25)35-24)17-6-8-20(19(28)12-17)39-27-30-10-9-15(2)34-27/h4-12,14H,1,13H2,2-3H3,(H,31,37)(H2,29,32,33). The molecule has 0 aliphatic rings. The minimum absolute atomic E-state index is 0.0325. The predicted octanol–water partition coefficient (Wildman–Crippen LogP) is 3.88. The van der Waals surface area contributed by atoms with Crippen molar-refractivity contribution in [2.75, 3.05) is 12.8 Å². The first-order valence-corrected chi connectivity index (χ1v) is 11.7. The number of nitrogens with one attached hydrogen (secondary N) is 1. The molecule has 0 fully saturated rings. The number of aromatic nitrogens is 6. The number of aryl methyl sites for hydroxylation is 1. The first-order valence-electron chi connectivity index (χ1n) is 11.7. The number of benzene rings is 2. The number of nitrogen functional groups attached to an aromatic ring is 1. The minimum atomic E-state index is -0.640. The summed E-state index contributed by atoms with van der Waals surface area (Å²) in [5.41, 5.74) is 10.1. The summed E-state index contributed by atoms with van der Waals surface area (Å²) in [5.74, 6) is -0.337. The van der Waals surface area contributed by atoms with E-state index in [0.29, 0.717) is 39.3 Å². The lowest BCUT2D eigenvalue weighted by Gasteiger charge is -2.12. The van der Waals surface area contributed by atoms with E-state index in [1.807, 2.05) is 6.07 Å². The highest BCUT2D eigenvalue weighted by molar-refractivity contribution is 5.97. The lowest BCUT2D eigenvalue weighted by atomic mass is 9.98. The van der Waals surface area contributed by atoms with E-state index >= 15 is 4.39 Å². The van der Waals surface area contributed by atoms with Crippen molar-refractivity contribution >= 4 is 17.2 Å². The number of halogens is 1. The van der Waals surface area contributed by atoms with Gasteiger partial charge in [0.25, 0.3) is 0 Å². The van der Waals surface area contributed by atoms with Gasteiger partial charge in [0, 0.05) is 29.6 Å². The molecule has 0 unspecified atom stereocenters. The van der Waals surface area contributed by atoms with Gasteiger partial charge in [0.15, 0.2) is 17.4 Å². The molecule has 0 saturated carbocycles. The topological polar surface area (TPSA) is 142 Å². The molecule has 3 aromatic heterocycles. The summed E-state index contributed by atoms with van der Waals surface area (Å²) >= 11 is 0. The number of carbonyl (C=O) groups excluding carboxylic acids is 1. The van der Waals surface area contributed by atoms with E-state index in [1.54, 1.807) is 31.2 Å². The Bertz CT molecular complexity index is 1720. The number of amides is 1. The van der Waals surface area contributed by atoms with Crippen LogP contribution >= 0.6 is 0 Å². The quantitative estimate of drug-likeness (QED) is 0.288. The third kappa shape index (κ3) is 5.07. The number of nitrogens with zero attached hydrogens (tertiary/aromatic N) is 6. The lowest BCUT2D eigenvalue weighted by molar-refractivity contribution is -0.116. The summed E-state index contributed by atoms with van der Waals surface area (Å²) < 4.78 is 27.9. The summed E-state index contributed by atoms with van der Waals surface area (Å²) in [6, 6.07) is 11.6. The third-order valence-electron chi connectivity index (χ3n) is 5.84. The van der Waals surface area contributed by atoms with Crippen LogP contribution in [0.2, 0.25) is 0 Å². The highest BCUT2D eigenvalue weighted by Gasteiger charge is 2.23. The van der Waals surface area contributed by atoms with Crippen molar-refractivity contribution in [3.8, 4) is 39.9 Å². The van der Waals surface area contributed by atoms with E-state index < -0.39 is 5.82 Å². The van der Waals surface area contributed by atoms with Crippen molar-refractivity contribution in [2.45, 2.75) is 13.5 Å². The Morgan fingerprint density at radius 2 is 2.03 bits per heavy atom. The molecular weight excluding hydrogens is 503 g/mol. The monoisotopic (exact) mass is 526 g/mol. The van der Waals surface area contributed by atoms with E-state index in [1.165, 1.54) is 42.5 Å². The zero-order chi connectivity index (χ0) is 27.5. The van der Waals surface area contributed by atoms with Crippen LogP contribution in [0.25, 0.3) is 27.9 Å². The Labute approximate surface area is 222 Å². The molecule has 0 bridgehead atoms. The van der Waals surface area contributed by atoms with Crippen LogP contribution in [0.15, 0.2) is 67.6 Å². The first kappa shape index (κ1) is 25.3. The second-order valence-electron chi connectivity index (χ2n) is 8.39. The van der Waals surface area contributed by atoms with Crippen LogP contribution in [-0.2, 0) is 11.3 Å². The minimum Gasteiger partial charge on any atom is -0.496 e. The van der Waals surface area contributed by atoms with E-state index in [9.17, 15) is 4.79 Å². The molecule has 0 atom stereocenters. The van der Waals surface area contributed by atoms with E-state index in [2.05, 4.69) is 37.0 Å². The van der Waals surface area contributed by atoms with E-state index in [0.717, 1.165) is 5.56 Å². The highest BCUT2D eigenvalue weighted by Crippen LogP contribution is 2.41. The summed E-state index contributed by atoms with van der Waals surface area (Å²) in [5, 5.41) is 11.5. The van der Waals surface area contributed by atoms with Gasteiger partial charge in [-0.1, -0.05) is 18.7 Å². The maximum Gasteiger partial charge on any atom is 0.322 e. The molecule has 0 spiro atoms. The van der Waals surface area contributed by atoms with Gasteiger partial charge in [0.1, 0.15) is 23.3 Å². The largest absolute Gasteiger partial charge is 0.496 e. The van der Waals surface area contributed by atoms with Crippen LogP contribution in [0.4, 0.5) is 10.2 Å². The normalized spacial score (nSPS) is 10.8. The maximum absolute atomic E-state index is 15.3. The average molecular weight is 527 g/mol. The number of carbonyl (C=O) groups is 1. The number of methoxy groups -OCH3 is 1. The fraction of sp³-hybridized carbons (Fsp3) is 0.111. The number of ether oxygens (including phenoxy) is 2. The molecule has 1 amide bonds. The molecule has 39 heavy (non-hydrogen) atoms. The maximum atomic E-state index is 15.3. The van der Waals surface area contributed by atoms with Crippen LogP contribution in [0.5, 0.6) is 17.5 Å². The molecule has 5 aromatic rings. The molecule has 3 N–H and O–H groups in total. The Morgan fingerprint density at radius 3 is 2.77 bits per heavy atom. The highest BCUT2D eigenvalue weighted by atomic mass is 19.1. The Morgan fingerprint density at radius 1 is 1.18 bits per heavy atom. The second kappa shape index (κ2) is 10.5. The van der Waals surface area contributed by atoms with Crippen LogP contribution in [-0.4, -0.2) is 42.8 Å². The SMILES string of the molecule is C=CC(=O)NCc1ccc(-c2nn3ncnc(N)c3c2-c2ccc(Oc3nccc(C)n3)c(F)c2)c(OC)c1. The van der Waals surface area contributed by atoms with Crippen LogP contribution in [0.1, 0.15) is 11.3 Å². The molecule has 11 nitrogen and oxygen atoms in total. The molecule has 3 heterocycles. The molecule has 0 radical (unpaired) electrons. The van der Waals surface area contributed by atoms with Crippen LogP contribution in [0, 0.1) is 12.7 Å². The van der Waals surface area contributed by atoms with Gasteiger partial charge in [-0.05, 0) is 54.5 Å². The number of nitrogens with two attached hydrogens (primary N) is 1. The second-order valence-corrected chi connectivity index (χ2v) is 8.39. The molecular formula is C27H23FN8O3. The smallest absolute Gasteiger partial charge is 0.322 e. The van der Waals surface area contributed by atoms with Gasteiger partial charge in [0.2, 0.25) is 5.91 Å². The van der Waals surface area contributed by atoms with Gasteiger partial charge < -0.3 is 20.5 Å². The average Bonchev–Trinajstić information content (AvgIpc) is 3.33. The molecule has 196 valence electrons. The molecule has 12 heteroatoms. The van der Waals surface area contributed by atoms with Crippen molar-refractivity contribution in [1.82, 2.24) is 35.1 Å². The van der Waals surface area contributed by atoms with Gasteiger partial charge >= 0.3 is 6.01 Å². The van der Waals surface area contributed by atoms with Crippen LogP contribution in [0.3, 0.4) is 0 Å². The molecule has 0 saturated heterocycles. The summed E-state index contributed by atoms with van der Waals surface area (Å²) in [4.78, 5) is 23.9. The summed E-state index contributed by atoms with van der Waals surface area (Å²) in [6.07, 6.45) is 4.01. The summed E-state index contributed by atoms with van der Waals surface area (Å²) in [6.45, 7) is 5.51. The van der Waals surface area contributed by atoms with Gasteiger partial charge in [-0.25, -0.2) is 19.3 Å². The van der Waals surface area contributed by atoms with Crippen molar-refractivity contribution in [1.29, 1.82) is 0 Å². The number of fused-ring (bicyclic) bond motifs is 1. The van der Waals surface area contributed by atoms with Crippen molar-refractivity contribution in [3.05, 3.63) is 84.7 Å².